The van der Waals surface area contributed by atoms with Gasteiger partial charge in [0.25, 0.3) is 0 Å². The van der Waals surface area contributed by atoms with Crippen molar-refractivity contribution in [2.45, 2.75) is 76.9 Å². The molecule has 2 amide bonds. The molecule has 52 heavy (non-hydrogen) atoms. The van der Waals surface area contributed by atoms with E-state index in [4.69, 9.17) is 0 Å². The normalized spacial score (nSPS) is 21.1. The molecule has 3 aliphatic heterocycles. The van der Waals surface area contributed by atoms with E-state index >= 15 is 0 Å². The van der Waals surface area contributed by atoms with Gasteiger partial charge in [0.1, 0.15) is 6.04 Å². The van der Waals surface area contributed by atoms with Crippen molar-refractivity contribution in [3.05, 3.63) is 93.7 Å². The van der Waals surface area contributed by atoms with Crippen molar-refractivity contribution in [2.75, 3.05) is 49.5 Å². The van der Waals surface area contributed by atoms with Gasteiger partial charge in [-0.1, -0.05) is 39.0 Å². The SMILES string of the molecule is CCc1cc2c(cc1N1CCC(N3CCN(Cc4cccc(NC5CCC(=O)NC5=O)c4)CC3)CC1)C(C)(C)c1[nH]c3cc(C#N)ccc3c1C2=O. The first kappa shape index (κ1) is 34.1. The number of aromatic nitrogens is 1. The number of benzene rings is 3. The van der Waals surface area contributed by atoms with Crippen molar-refractivity contribution in [2.24, 2.45) is 0 Å². The highest BCUT2D eigenvalue weighted by Crippen LogP contribution is 2.46. The number of imide groups is 1. The van der Waals surface area contributed by atoms with Gasteiger partial charge in [-0.3, -0.25) is 29.5 Å². The summed E-state index contributed by atoms with van der Waals surface area (Å²) >= 11 is 0. The summed E-state index contributed by atoms with van der Waals surface area (Å²) in [6.07, 6.45) is 3.97. The summed E-state index contributed by atoms with van der Waals surface area (Å²) < 4.78 is 0. The van der Waals surface area contributed by atoms with Crippen LogP contribution >= 0.6 is 0 Å². The molecular weight excluding hydrogens is 651 g/mol. The van der Waals surface area contributed by atoms with Crippen LogP contribution in [0.4, 0.5) is 11.4 Å². The molecule has 4 heterocycles. The van der Waals surface area contributed by atoms with Crippen LogP contribution in [0.1, 0.15) is 90.3 Å². The number of fused-ring (bicyclic) bond motifs is 4. The van der Waals surface area contributed by atoms with Gasteiger partial charge in [-0.05, 0) is 78.8 Å². The minimum atomic E-state index is -0.394. The molecule has 0 spiro atoms. The van der Waals surface area contributed by atoms with Crippen LogP contribution in [0.25, 0.3) is 10.9 Å². The zero-order valence-corrected chi connectivity index (χ0v) is 30.3. The van der Waals surface area contributed by atoms with E-state index < -0.39 is 5.41 Å². The first-order valence-corrected chi connectivity index (χ1v) is 18.8. The van der Waals surface area contributed by atoms with Crippen molar-refractivity contribution >= 4 is 39.9 Å². The fraction of sp³-hybridized carbons (Fsp3) is 0.429. The second-order valence-corrected chi connectivity index (χ2v) is 15.5. The summed E-state index contributed by atoms with van der Waals surface area (Å²) in [5.41, 5.74) is 9.17. The van der Waals surface area contributed by atoms with Gasteiger partial charge in [0.2, 0.25) is 11.8 Å². The Morgan fingerprint density at radius 2 is 1.73 bits per heavy atom. The molecule has 3 N–H and O–H groups in total. The number of nitrogens with zero attached hydrogens (tertiary/aromatic N) is 4. The second kappa shape index (κ2) is 13.5. The molecule has 10 nitrogen and oxygen atoms in total. The third-order valence-corrected chi connectivity index (χ3v) is 11.9. The second-order valence-electron chi connectivity index (χ2n) is 15.5. The van der Waals surface area contributed by atoms with Gasteiger partial charge in [-0.25, -0.2) is 0 Å². The van der Waals surface area contributed by atoms with E-state index in [1.165, 1.54) is 16.8 Å². The quantitative estimate of drug-likeness (QED) is 0.217. The van der Waals surface area contributed by atoms with Crippen molar-refractivity contribution in [3.8, 4) is 6.07 Å². The number of aryl methyl sites for hydroxylation is 1. The Hall–Kier alpha value is -4.98. The number of hydrogen-bond donors (Lipinski definition) is 3. The lowest BCUT2D eigenvalue weighted by atomic mass is 9.70. The lowest BCUT2D eigenvalue weighted by molar-refractivity contribution is -0.133. The van der Waals surface area contributed by atoms with Crippen LogP contribution < -0.4 is 15.5 Å². The highest BCUT2D eigenvalue weighted by atomic mass is 16.2. The fourth-order valence-electron chi connectivity index (χ4n) is 8.97. The molecule has 8 rings (SSSR count). The number of hydrogen-bond acceptors (Lipinski definition) is 8. The van der Waals surface area contributed by atoms with E-state index in [1.807, 2.05) is 24.3 Å². The molecular formula is C42H47N7O3. The predicted molar refractivity (Wildman–Crippen MR) is 203 cm³/mol. The molecule has 3 aromatic carbocycles. The zero-order chi connectivity index (χ0) is 36.1. The number of ketones is 1. The Labute approximate surface area is 305 Å². The van der Waals surface area contributed by atoms with Gasteiger partial charge in [0, 0.05) is 97.2 Å². The molecule has 268 valence electrons. The van der Waals surface area contributed by atoms with Crippen LogP contribution in [0.2, 0.25) is 0 Å². The van der Waals surface area contributed by atoms with E-state index in [0.717, 1.165) is 104 Å². The lowest BCUT2D eigenvalue weighted by Gasteiger charge is -2.44. The Morgan fingerprint density at radius 3 is 2.46 bits per heavy atom. The molecule has 1 atom stereocenters. The van der Waals surface area contributed by atoms with E-state index in [-0.39, 0.29) is 23.6 Å². The molecule has 10 heteroatoms. The third-order valence-electron chi connectivity index (χ3n) is 11.9. The largest absolute Gasteiger partial charge is 0.374 e. The van der Waals surface area contributed by atoms with Gasteiger partial charge in [-0.15, -0.1) is 0 Å². The summed E-state index contributed by atoms with van der Waals surface area (Å²) in [5.74, 6) is -0.386. The minimum absolute atomic E-state index is 0.0657. The summed E-state index contributed by atoms with van der Waals surface area (Å²) in [6, 6.07) is 20.7. The number of piperidine rings is 2. The van der Waals surface area contributed by atoms with Crippen molar-refractivity contribution < 1.29 is 14.4 Å². The number of H-pyrrole nitrogens is 1. The van der Waals surface area contributed by atoms with Gasteiger partial charge in [-0.2, -0.15) is 5.26 Å². The molecule has 4 aromatic rings. The molecule has 1 unspecified atom stereocenters. The third kappa shape index (κ3) is 6.16. The molecule has 0 radical (unpaired) electrons. The summed E-state index contributed by atoms with van der Waals surface area (Å²) in [7, 11) is 0. The van der Waals surface area contributed by atoms with Crippen LogP contribution in [0.5, 0.6) is 0 Å². The maximum absolute atomic E-state index is 14.1. The molecule has 4 aliphatic rings. The average Bonchev–Trinajstić information content (AvgIpc) is 3.55. The molecule has 1 aliphatic carbocycles. The number of carbonyl (C=O) groups excluding carboxylic acids is 3. The highest BCUT2D eigenvalue weighted by Gasteiger charge is 2.41. The summed E-state index contributed by atoms with van der Waals surface area (Å²) in [6.45, 7) is 13.6. The maximum Gasteiger partial charge on any atom is 0.249 e. The van der Waals surface area contributed by atoms with Gasteiger partial charge in [0.05, 0.1) is 17.2 Å². The molecule has 0 bridgehead atoms. The number of piperazine rings is 1. The first-order valence-electron chi connectivity index (χ1n) is 18.8. The molecule has 0 saturated carbocycles. The number of rotatable bonds is 7. The number of carbonyl (C=O) groups is 3. The van der Waals surface area contributed by atoms with Crippen LogP contribution in [0, 0.1) is 11.3 Å². The standard InChI is InChI=1S/C42H47N7O3/c1-4-28-22-32-33(42(2,3)40-38(39(32)51)31-9-8-26(24-43)21-35(31)45-40)23-36(28)49-14-12-30(13-15-49)48-18-16-47(17-19-48)25-27-6-5-7-29(20-27)44-34-10-11-37(50)46-41(34)52/h5-9,20-23,30,34,44-45H,4,10-19,25H2,1-3H3,(H,46,50,52). The Kier molecular flexibility index (Phi) is 8.88. The fourth-order valence-corrected chi connectivity index (χ4v) is 8.97. The highest BCUT2D eigenvalue weighted by molar-refractivity contribution is 6.20. The van der Waals surface area contributed by atoms with Crippen molar-refractivity contribution in [3.63, 3.8) is 0 Å². The van der Waals surface area contributed by atoms with Crippen LogP contribution in [0.15, 0.2) is 54.6 Å². The van der Waals surface area contributed by atoms with E-state index in [2.05, 4.69) is 81.4 Å². The number of aromatic amines is 1. The molecule has 3 fully saturated rings. The van der Waals surface area contributed by atoms with Crippen molar-refractivity contribution in [1.29, 1.82) is 5.26 Å². The lowest BCUT2D eigenvalue weighted by Crippen LogP contribution is -2.53. The minimum Gasteiger partial charge on any atom is -0.374 e. The Balaban J connectivity index is 0.901. The van der Waals surface area contributed by atoms with Gasteiger partial charge >= 0.3 is 0 Å². The summed E-state index contributed by atoms with van der Waals surface area (Å²) in [4.78, 5) is 49.1. The summed E-state index contributed by atoms with van der Waals surface area (Å²) in [5, 5.41) is 16.1. The maximum atomic E-state index is 14.1. The Morgan fingerprint density at radius 1 is 0.942 bits per heavy atom. The Bertz CT molecular complexity index is 2110. The number of amides is 2. The monoisotopic (exact) mass is 697 g/mol. The smallest absolute Gasteiger partial charge is 0.249 e. The van der Waals surface area contributed by atoms with Crippen LogP contribution in [0.3, 0.4) is 0 Å². The average molecular weight is 698 g/mol. The molecule has 3 saturated heterocycles. The van der Waals surface area contributed by atoms with E-state index in [9.17, 15) is 19.6 Å². The van der Waals surface area contributed by atoms with Crippen molar-refractivity contribution in [1.82, 2.24) is 20.1 Å². The van der Waals surface area contributed by atoms with Crippen LogP contribution in [-0.4, -0.2) is 83.7 Å². The van der Waals surface area contributed by atoms with Gasteiger partial charge < -0.3 is 15.2 Å². The van der Waals surface area contributed by atoms with E-state index in [1.54, 1.807) is 6.07 Å². The zero-order valence-electron chi connectivity index (χ0n) is 30.3. The van der Waals surface area contributed by atoms with E-state index in [0.29, 0.717) is 24.4 Å². The topological polar surface area (TPSA) is 125 Å². The van der Waals surface area contributed by atoms with Gasteiger partial charge in [0.15, 0.2) is 5.78 Å². The number of anilines is 2. The number of nitrogens with one attached hydrogen (secondary N) is 3. The predicted octanol–water partition coefficient (Wildman–Crippen LogP) is 5.48. The number of nitriles is 1. The molecule has 1 aromatic heterocycles. The van der Waals surface area contributed by atoms with Crippen LogP contribution in [-0.2, 0) is 28.0 Å². The first-order chi connectivity index (χ1) is 25.1.